The number of fused-ring (bicyclic) bond motifs is 2. The minimum absolute atomic E-state index is 0. The molecular formula is C19H14IrN-. The Morgan fingerprint density at radius 2 is 1.76 bits per heavy atom. The Bertz CT molecular complexity index is 783. The van der Waals surface area contributed by atoms with Crippen LogP contribution in [0.25, 0.3) is 10.8 Å². The second kappa shape index (κ2) is 5.93. The van der Waals surface area contributed by atoms with Crippen LogP contribution in [0, 0.1) is 17.9 Å². The minimum atomic E-state index is 0. The fourth-order valence-electron chi connectivity index (χ4n) is 2.91. The number of rotatable bonds is 1. The van der Waals surface area contributed by atoms with Crippen LogP contribution in [0.4, 0.5) is 0 Å². The van der Waals surface area contributed by atoms with E-state index in [4.69, 9.17) is 0 Å². The average Bonchev–Trinajstić information content (AvgIpc) is 2.54. The Balaban J connectivity index is 0.00000132. The van der Waals surface area contributed by atoms with E-state index in [1.807, 2.05) is 6.20 Å². The summed E-state index contributed by atoms with van der Waals surface area (Å²) in [6.07, 6.45) is 12.8. The van der Waals surface area contributed by atoms with Gasteiger partial charge in [-0.15, -0.1) is 29.1 Å². The molecule has 2 unspecified atom stereocenters. The van der Waals surface area contributed by atoms with E-state index in [1.165, 1.54) is 10.8 Å². The standard InChI is InChI=1S/C19H14N.Ir/c1-2-7-16-13-17(10-9-14(16)5-1)19-18-8-4-3-6-15(18)11-12-20-19;/h1-9,11-13,15,18H;/q-1;. The van der Waals surface area contributed by atoms with E-state index in [0.717, 1.165) is 11.3 Å². The molecule has 0 saturated heterocycles. The maximum absolute atomic E-state index is 4.61. The predicted molar refractivity (Wildman–Crippen MR) is 83.7 cm³/mol. The molecule has 2 aliphatic rings. The summed E-state index contributed by atoms with van der Waals surface area (Å²) in [7, 11) is 0. The van der Waals surface area contributed by atoms with E-state index in [9.17, 15) is 0 Å². The monoisotopic (exact) mass is 449 g/mol. The first-order valence-corrected chi connectivity index (χ1v) is 6.92. The SMILES string of the molecule is [Ir].[c-]1cc2ccccc2cc1C1=NC=CC2C=CC=CC12. The number of hydrogen-bond donors (Lipinski definition) is 0. The van der Waals surface area contributed by atoms with Crippen LogP contribution in [-0.2, 0) is 20.1 Å². The molecule has 0 N–H and O–H groups in total. The second-order valence-corrected chi connectivity index (χ2v) is 5.20. The van der Waals surface area contributed by atoms with Crippen LogP contribution >= 0.6 is 0 Å². The zero-order valence-corrected chi connectivity index (χ0v) is 13.8. The molecule has 1 heterocycles. The van der Waals surface area contributed by atoms with Crippen LogP contribution in [0.15, 0.2) is 78.0 Å². The van der Waals surface area contributed by atoms with Crippen molar-refractivity contribution >= 4 is 16.5 Å². The summed E-state index contributed by atoms with van der Waals surface area (Å²) >= 11 is 0. The molecular weight excluding hydrogens is 434 g/mol. The van der Waals surface area contributed by atoms with Gasteiger partial charge in [0.05, 0.1) is 0 Å². The molecule has 2 atom stereocenters. The molecule has 2 aromatic carbocycles. The van der Waals surface area contributed by atoms with Gasteiger partial charge in [-0.2, -0.15) is 0 Å². The maximum atomic E-state index is 4.61. The molecule has 0 aromatic heterocycles. The molecule has 0 fully saturated rings. The van der Waals surface area contributed by atoms with Crippen molar-refractivity contribution in [2.75, 3.05) is 0 Å². The fraction of sp³-hybridized carbons (Fsp3) is 0.105. The third-order valence-corrected chi connectivity index (χ3v) is 3.97. The summed E-state index contributed by atoms with van der Waals surface area (Å²) < 4.78 is 0. The predicted octanol–water partition coefficient (Wildman–Crippen LogP) is 4.31. The van der Waals surface area contributed by atoms with Crippen LogP contribution in [0.3, 0.4) is 0 Å². The molecule has 2 heteroatoms. The van der Waals surface area contributed by atoms with Gasteiger partial charge in [0, 0.05) is 32.2 Å². The fourth-order valence-corrected chi connectivity index (χ4v) is 2.91. The van der Waals surface area contributed by atoms with Gasteiger partial charge in [0.15, 0.2) is 0 Å². The zero-order chi connectivity index (χ0) is 13.4. The summed E-state index contributed by atoms with van der Waals surface area (Å²) in [6, 6.07) is 16.0. The summed E-state index contributed by atoms with van der Waals surface area (Å²) in [4.78, 5) is 4.61. The van der Waals surface area contributed by atoms with Gasteiger partial charge in [0.25, 0.3) is 0 Å². The van der Waals surface area contributed by atoms with E-state index < -0.39 is 0 Å². The van der Waals surface area contributed by atoms with Gasteiger partial charge < -0.3 is 4.99 Å². The Labute approximate surface area is 138 Å². The Morgan fingerprint density at radius 3 is 2.67 bits per heavy atom. The second-order valence-electron chi connectivity index (χ2n) is 5.20. The number of aliphatic imine (C=N–C) groups is 1. The van der Waals surface area contributed by atoms with E-state index in [-0.39, 0.29) is 20.1 Å². The number of hydrogen-bond acceptors (Lipinski definition) is 1. The Morgan fingerprint density at radius 1 is 0.952 bits per heavy atom. The molecule has 1 aliphatic carbocycles. The third kappa shape index (κ3) is 2.57. The molecule has 1 nitrogen and oxygen atoms in total. The summed E-state index contributed by atoms with van der Waals surface area (Å²) in [6.45, 7) is 0. The Hall–Kier alpha value is -1.76. The van der Waals surface area contributed by atoms with Crippen LogP contribution < -0.4 is 0 Å². The van der Waals surface area contributed by atoms with Crippen molar-refractivity contribution in [2.24, 2.45) is 16.8 Å². The molecule has 21 heavy (non-hydrogen) atoms. The largest absolute Gasteiger partial charge is 0.309 e. The number of nitrogens with zero attached hydrogens (tertiary/aromatic N) is 1. The quantitative estimate of drug-likeness (QED) is 0.577. The minimum Gasteiger partial charge on any atom is -0.309 e. The summed E-state index contributed by atoms with van der Waals surface area (Å²) in [5.41, 5.74) is 2.21. The Kier molecular flexibility index (Phi) is 4.01. The van der Waals surface area contributed by atoms with Crippen LogP contribution in [-0.4, -0.2) is 5.71 Å². The van der Waals surface area contributed by atoms with Gasteiger partial charge in [-0.05, 0) is 11.6 Å². The zero-order valence-electron chi connectivity index (χ0n) is 11.4. The molecule has 105 valence electrons. The molecule has 0 amide bonds. The van der Waals surface area contributed by atoms with Crippen molar-refractivity contribution in [3.05, 3.63) is 84.6 Å². The van der Waals surface area contributed by atoms with Crippen LogP contribution in [0.2, 0.25) is 0 Å². The van der Waals surface area contributed by atoms with Gasteiger partial charge in [-0.25, -0.2) is 0 Å². The first kappa shape index (κ1) is 14.2. The van der Waals surface area contributed by atoms with E-state index in [1.54, 1.807) is 0 Å². The summed E-state index contributed by atoms with van der Waals surface area (Å²) in [5, 5.41) is 2.46. The normalized spacial score (nSPS) is 22.6. The molecule has 0 saturated carbocycles. The molecule has 1 aliphatic heterocycles. The molecule has 1 radical (unpaired) electrons. The van der Waals surface area contributed by atoms with Gasteiger partial charge in [0.2, 0.25) is 0 Å². The maximum Gasteiger partial charge on any atom is 0.0123 e. The molecule has 2 aromatic rings. The van der Waals surface area contributed by atoms with Gasteiger partial charge in [0.1, 0.15) is 0 Å². The van der Waals surface area contributed by atoms with Crippen molar-refractivity contribution in [1.29, 1.82) is 0 Å². The van der Waals surface area contributed by atoms with Gasteiger partial charge in [-0.3, -0.25) is 0 Å². The average molecular weight is 449 g/mol. The van der Waals surface area contributed by atoms with Crippen molar-refractivity contribution in [3.63, 3.8) is 0 Å². The van der Waals surface area contributed by atoms with Gasteiger partial charge >= 0.3 is 0 Å². The molecule has 0 bridgehead atoms. The van der Waals surface area contributed by atoms with E-state index in [0.29, 0.717) is 11.8 Å². The van der Waals surface area contributed by atoms with Gasteiger partial charge in [-0.1, -0.05) is 60.0 Å². The first-order valence-electron chi connectivity index (χ1n) is 6.92. The number of benzene rings is 2. The van der Waals surface area contributed by atoms with Crippen molar-refractivity contribution in [1.82, 2.24) is 0 Å². The topological polar surface area (TPSA) is 12.4 Å². The van der Waals surface area contributed by atoms with Crippen molar-refractivity contribution in [3.8, 4) is 0 Å². The van der Waals surface area contributed by atoms with Crippen molar-refractivity contribution in [2.45, 2.75) is 0 Å². The van der Waals surface area contributed by atoms with Crippen LogP contribution in [0.5, 0.6) is 0 Å². The third-order valence-electron chi connectivity index (χ3n) is 3.97. The smallest absolute Gasteiger partial charge is 0.0123 e. The molecule has 4 rings (SSSR count). The first-order chi connectivity index (χ1) is 9.92. The number of allylic oxidation sites excluding steroid dienone is 5. The summed E-state index contributed by atoms with van der Waals surface area (Å²) in [5.74, 6) is 0.759. The van der Waals surface area contributed by atoms with Crippen molar-refractivity contribution < 1.29 is 20.1 Å². The van der Waals surface area contributed by atoms with Crippen LogP contribution in [0.1, 0.15) is 5.56 Å². The van der Waals surface area contributed by atoms with E-state index in [2.05, 4.69) is 77.8 Å². The van der Waals surface area contributed by atoms with E-state index >= 15 is 0 Å². The molecule has 0 spiro atoms.